The van der Waals surface area contributed by atoms with E-state index in [9.17, 15) is 0 Å². The van der Waals surface area contributed by atoms with Crippen LogP contribution in [0.1, 0.15) is 37.6 Å². The molecule has 3 heteroatoms. The monoisotopic (exact) mass is 238 g/mol. The van der Waals surface area contributed by atoms with Crippen molar-refractivity contribution in [3.63, 3.8) is 0 Å². The molecule has 1 aliphatic rings. The van der Waals surface area contributed by atoms with Gasteiger partial charge in [0.1, 0.15) is 0 Å². The molecule has 2 nitrogen and oxygen atoms in total. The number of likely N-dealkylation sites (N-methyl/N-ethyl adjacent to an activating group) is 1. The van der Waals surface area contributed by atoms with Gasteiger partial charge in [0.25, 0.3) is 0 Å². The highest BCUT2D eigenvalue weighted by atomic mass is 32.1. The Morgan fingerprint density at radius 3 is 2.94 bits per heavy atom. The lowest BCUT2D eigenvalue weighted by molar-refractivity contribution is 0.324. The molecule has 0 aromatic carbocycles. The van der Waals surface area contributed by atoms with Crippen LogP contribution in [-0.2, 0) is 0 Å². The van der Waals surface area contributed by atoms with Gasteiger partial charge in [-0.05, 0) is 38.3 Å². The van der Waals surface area contributed by atoms with Crippen molar-refractivity contribution in [2.24, 2.45) is 0 Å². The fourth-order valence-corrected chi connectivity index (χ4v) is 3.36. The molecule has 90 valence electrons. The van der Waals surface area contributed by atoms with Gasteiger partial charge >= 0.3 is 0 Å². The van der Waals surface area contributed by atoms with E-state index in [1.165, 1.54) is 24.3 Å². The number of hydrogen-bond donors (Lipinski definition) is 1. The zero-order valence-corrected chi connectivity index (χ0v) is 11.3. The Balaban J connectivity index is 1.93. The summed E-state index contributed by atoms with van der Waals surface area (Å²) in [5, 5.41) is 5.97. The topological polar surface area (TPSA) is 15.3 Å². The Kier molecular flexibility index (Phi) is 4.00. The predicted octanol–water partition coefficient (Wildman–Crippen LogP) is 2.88. The molecule has 0 amide bonds. The summed E-state index contributed by atoms with van der Waals surface area (Å²) >= 11 is 1.86. The van der Waals surface area contributed by atoms with Crippen LogP contribution in [0.15, 0.2) is 17.5 Å². The summed E-state index contributed by atoms with van der Waals surface area (Å²) < 4.78 is 0. The molecule has 2 heterocycles. The fraction of sp³-hybridized carbons (Fsp3) is 0.692. The molecule has 1 aliphatic heterocycles. The van der Waals surface area contributed by atoms with Crippen LogP contribution in [-0.4, -0.2) is 30.6 Å². The van der Waals surface area contributed by atoms with E-state index in [0.29, 0.717) is 12.1 Å². The second-order valence-corrected chi connectivity index (χ2v) is 5.84. The lowest BCUT2D eigenvalue weighted by atomic mass is 10.1. The van der Waals surface area contributed by atoms with Crippen LogP contribution in [0.3, 0.4) is 0 Å². The van der Waals surface area contributed by atoms with Gasteiger partial charge in [0.2, 0.25) is 0 Å². The van der Waals surface area contributed by atoms with Crippen LogP contribution in [0.4, 0.5) is 0 Å². The van der Waals surface area contributed by atoms with Crippen molar-refractivity contribution in [2.75, 3.05) is 13.6 Å². The number of likely N-dealkylation sites (tertiary alicyclic amines) is 1. The van der Waals surface area contributed by atoms with Crippen molar-refractivity contribution in [1.29, 1.82) is 0 Å². The van der Waals surface area contributed by atoms with Crippen LogP contribution in [0, 0.1) is 0 Å². The first-order valence-corrected chi connectivity index (χ1v) is 7.08. The maximum absolute atomic E-state index is 3.80. The Morgan fingerprint density at radius 1 is 1.62 bits per heavy atom. The van der Waals surface area contributed by atoms with Gasteiger partial charge < -0.3 is 10.2 Å². The van der Waals surface area contributed by atoms with Gasteiger partial charge in [0.15, 0.2) is 0 Å². The van der Waals surface area contributed by atoms with Crippen LogP contribution in [0.5, 0.6) is 0 Å². The first kappa shape index (κ1) is 12.1. The molecule has 0 spiro atoms. The highest BCUT2D eigenvalue weighted by Crippen LogP contribution is 2.24. The van der Waals surface area contributed by atoms with Crippen LogP contribution < -0.4 is 5.32 Å². The molecule has 3 atom stereocenters. The lowest BCUT2D eigenvalue weighted by Crippen LogP contribution is -2.34. The van der Waals surface area contributed by atoms with Crippen molar-refractivity contribution in [3.05, 3.63) is 22.4 Å². The Morgan fingerprint density at radius 2 is 2.44 bits per heavy atom. The van der Waals surface area contributed by atoms with Crippen molar-refractivity contribution < 1.29 is 0 Å². The predicted molar refractivity (Wildman–Crippen MR) is 71.0 cm³/mol. The second-order valence-electron chi connectivity index (χ2n) is 4.86. The van der Waals surface area contributed by atoms with Gasteiger partial charge in [-0.15, -0.1) is 11.3 Å². The van der Waals surface area contributed by atoms with Crippen LogP contribution in [0.25, 0.3) is 0 Å². The second kappa shape index (κ2) is 5.30. The van der Waals surface area contributed by atoms with Gasteiger partial charge in [-0.25, -0.2) is 0 Å². The summed E-state index contributed by atoms with van der Waals surface area (Å²) in [7, 11) is 2.22. The third-order valence-corrected chi connectivity index (χ3v) is 4.60. The minimum Gasteiger partial charge on any atom is -0.305 e. The largest absolute Gasteiger partial charge is 0.305 e. The molecule has 16 heavy (non-hydrogen) atoms. The molecule has 3 unspecified atom stereocenters. The number of nitrogens with one attached hydrogen (secondary N) is 1. The minimum absolute atomic E-state index is 0.545. The van der Waals surface area contributed by atoms with Gasteiger partial charge in [0.05, 0.1) is 0 Å². The van der Waals surface area contributed by atoms with Crippen LogP contribution in [0.2, 0.25) is 0 Å². The van der Waals surface area contributed by atoms with Gasteiger partial charge in [-0.2, -0.15) is 0 Å². The molecule has 1 fully saturated rings. The Bertz CT molecular complexity index is 300. The minimum atomic E-state index is 0.545. The van der Waals surface area contributed by atoms with Crippen molar-refractivity contribution in [2.45, 2.75) is 44.8 Å². The van der Waals surface area contributed by atoms with Crippen LogP contribution >= 0.6 is 11.3 Å². The van der Waals surface area contributed by atoms with E-state index in [0.717, 1.165) is 6.04 Å². The average Bonchev–Trinajstić information content (AvgIpc) is 2.86. The van der Waals surface area contributed by atoms with Gasteiger partial charge in [0, 0.05) is 29.5 Å². The molecule has 0 radical (unpaired) electrons. The highest BCUT2D eigenvalue weighted by molar-refractivity contribution is 7.10. The third-order valence-electron chi connectivity index (χ3n) is 3.62. The maximum Gasteiger partial charge on any atom is 0.0414 e. The molecule has 1 saturated heterocycles. The van der Waals surface area contributed by atoms with Gasteiger partial charge in [-0.1, -0.05) is 13.0 Å². The summed E-state index contributed by atoms with van der Waals surface area (Å²) in [5.41, 5.74) is 0. The SMILES string of the molecule is CCC(NC1CC(C)N(C)C1)c1cccs1. The van der Waals surface area contributed by atoms with E-state index in [4.69, 9.17) is 0 Å². The molecule has 2 rings (SSSR count). The first-order valence-electron chi connectivity index (χ1n) is 6.20. The zero-order chi connectivity index (χ0) is 11.5. The van der Waals surface area contributed by atoms with E-state index < -0.39 is 0 Å². The summed E-state index contributed by atoms with van der Waals surface area (Å²) in [6, 6.07) is 6.32. The smallest absolute Gasteiger partial charge is 0.0414 e. The molecule has 0 bridgehead atoms. The maximum atomic E-state index is 3.80. The third kappa shape index (κ3) is 2.65. The molecular formula is C13H22N2S. The van der Waals surface area contributed by atoms with E-state index in [1.807, 2.05) is 11.3 Å². The average molecular weight is 238 g/mol. The van der Waals surface area contributed by atoms with Gasteiger partial charge in [-0.3, -0.25) is 0 Å². The molecule has 0 aliphatic carbocycles. The standard InChI is InChI=1S/C13H22N2S/c1-4-12(13-6-5-7-16-13)14-11-8-10(2)15(3)9-11/h5-7,10-12,14H,4,8-9H2,1-3H3. The summed E-state index contributed by atoms with van der Waals surface area (Å²) in [6.07, 6.45) is 2.45. The van der Waals surface area contributed by atoms with Crippen molar-refractivity contribution >= 4 is 11.3 Å². The summed E-state index contributed by atoms with van der Waals surface area (Å²) in [4.78, 5) is 3.92. The normalized spacial score (nSPS) is 28.4. The number of hydrogen-bond acceptors (Lipinski definition) is 3. The van der Waals surface area contributed by atoms with E-state index in [1.54, 1.807) is 0 Å². The number of rotatable bonds is 4. The number of thiophene rings is 1. The number of nitrogens with zero attached hydrogens (tertiary/aromatic N) is 1. The molecule has 1 aromatic rings. The molecular weight excluding hydrogens is 216 g/mol. The summed E-state index contributed by atoms with van der Waals surface area (Å²) in [5.74, 6) is 0. The fourth-order valence-electron chi connectivity index (χ4n) is 2.49. The zero-order valence-electron chi connectivity index (χ0n) is 10.4. The van der Waals surface area contributed by atoms with E-state index in [-0.39, 0.29) is 0 Å². The van der Waals surface area contributed by atoms with Crippen molar-refractivity contribution in [1.82, 2.24) is 10.2 Å². The van der Waals surface area contributed by atoms with E-state index >= 15 is 0 Å². The molecule has 0 saturated carbocycles. The Labute approximate surface area is 103 Å². The van der Waals surface area contributed by atoms with Crippen molar-refractivity contribution in [3.8, 4) is 0 Å². The van der Waals surface area contributed by atoms with E-state index in [2.05, 4.69) is 48.6 Å². The first-order chi connectivity index (χ1) is 7.70. The Hall–Kier alpha value is -0.380. The quantitative estimate of drug-likeness (QED) is 0.867. The molecule has 1 N–H and O–H groups in total. The lowest BCUT2D eigenvalue weighted by Gasteiger charge is -2.20. The molecule has 1 aromatic heterocycles. The highest BCUT2D eigenvalue weighted by Gasteiger charge is 2.27. The summed E-state index contributed by atoms with van der Waals surface area (Å²) in [6.45, 7) is 5.76.